The Bertz CT molecular complexity index is 618. The second-order valence-electron chi connectivity index (χ2n) is 5.33. The molecule has 1 unspecified atom stereocenters. The van der Waals surface area contributed by atoms with Gasteiger partial charge in [-0.2, -0.15) is 0 Å². The molecule has 1 aromatic carbocycles. The molecule has 1 aromatic heterocycles. The number of fused-ring (bicyclic) bond motifs is 1. The first-order valence-electron chi connectivity index (χ1n) is 7.22. The van der Waals surface area contributed by atoms with Crippen LogP contribution in [0.2, 0.25) is 0 Å². The minimum atomic E-state index is 0.161. The molecule has 0 spiro atoms. The third-order valence-electron chi connectivity index (χ3n) is 3.47. The van der Waals surface area contributed by atoms with E-state index in [1.165, 1.54) is 22.0 Å². The highest BCUT2D eigenvalue weighted by atomic mass is 16.5. The molecule has 5 nitrogen and oxygen atoms in total. The minimum absolute atomic E-state index is 0.161. The number of benzene rings is 1. The highest BCUT2D eigenvalue weighted by Crippen LogP contribution is 2.22. The lowest BCUT2D eigenvalue weighted by molar-refractivity contribution is 0.179. The molecule has 0 fully saturated rings. The standard InChI is InChI=1S/C16H24N4O/c1-11-5-4-6-14-15(11)13(9-19-14)7-8-18-16(17)20-12(2)10-21-3/h4-6,9,12,19H,7-8,10H2,1-3H3,(H3,17,18,20). The Labute approximate surface area is 125 Å². The Kier molecular flexibility index (Phi) is 5.22. The summed E-state index contributed by atoms with van der Waals surface area (Å²) < 4.78 is 5.05. The summed E-state index contributed by atoms with van der Waals surface area (Å²) in [7, 11) is 1.67. The van der Waals surface area contributed by atoms with E-state index in [4.69, 9.17) is 10.5 Å². The summed E-state index contributed by atoms with van der Waals surface area (Å²) in [5.74, 6) is 0.469. The van der Waals surface area contributed by atoms with Gasteiger partial charge in [0.15, 0.2) is 5.96 Å². The van der Waals surface area contributed by atoms with Crippen LogP contribution in [0.4, 0.5) is 0 Å². The number of hydrogen-bond acceptors (Lipinski definition) is 2. The number of rotatable bonds is 6. The van der Waals surface area contributed by atoms with E-state index >= 15 is 0 Å². The van der Waals surface area contributed by atoms with Crippen LogP contribution in [-0.2, 0) is 11.2 Å². The van der Waals surface area contributed by atoms with E-state index in [9.17, 15) is 0 Å². The maximum absolute atomic E-state index is 5.86. The van der Waals surface area contributed by atoms with Crippen LogP contribution in [0.1, 0.15) is 18.1 Å². The molecule has 5 heteroatoms. The van der Waals surface area contributed by atoms with Gasteiger partial charge in [0.05, 0.1) is 6.61 Å². The van der Waals surface area contributed by atoms with E-state index in [0.29, 0.717) is 19.1 Å². The number of aliphatic imine (C=N–C) groups is 1. The summed E-state index contributed by atoms with van der Waals surface area (Å²) in [6.07, 6.45) is 2.93. The number of aromatic amines is 1. The number of nitrogens with two attached hydrogens (primary N) is 1. The average Bonchev–Trinajstić information content (AvgIpc) is 2.83. The molecular weight excluding hydrogens is 264 g/mol. The van der Waals surface area contributed by atoms with Crippen LogP contribution in [0.25, 0.3) is 10.9 Å². The molecule has 0 aliphatic heterocycles. The van der Waals surface area contributed by atoms with Gasteiger partial charge in [0.2, 0.25) is 0 Å². The van der Waals surface area contributed by atoms with Gasteiger partial charge in [-0.1, -0.05) is 12.1 Å². The molecule has 21 heavy (non-hydrogen) atoms. The van der Waals surface area contributed by atoms with Crippen LogP contribution in [0.15, 0.2) is 29.4 Å². The van der Waals surface area contributed by atoms with Crippen molar-refractivity contribution in [3.63, 3.8) is 0 Å². The highest BCUT2D eigenvalue weighted by molar-refractivity contribution is 5.86. The zero-order valence-corrected chi connectivity index (χ0v) is 12.9. The fourth-order valence-corrected chi connectivity index (χ4v) is 2.54. The van der Waals surface area contributed by atoms with Gasteiger partial charge in [0, 0.05) is 36.8 Å². The molecule has 1 heterocycles. The van der Waals surface area contributed by atoms with Crippen LogP contribution < -0.4 is 11.1 Å². The summed E-state index contributed by atoms with van der Waals surface area (Å²) in [5.41, 5.74) is 9.60. The summed E-state index contributed by atoms with van der Waals surface area (Å²) in [5, 5.41) is 4.40. The molecule has 0 aliphatic carbocycles. The van der Waals surface area contributed by atoms with Crippen molar-refractivity contribution in [2.45, 2.75) is 26.3 Å². The lowest BCUT2D eigenvalue weighted by Crippen LogP contribution is -2.40. The molecule has 2 rings (SSSR count). The van der Waals surface area contributed by atoms with Gasteiger partial charge in [0.1, 0.15) is 0 Å². The second kappa shape index (κ2) is 7.13. The predicted molar refractivity (Wildman–Crippen MR) is 87.7 cm³/mol. The van der Waals surface area contributed by atoms with Crippen molar-refractivity contribution < 1.29 is 4.74 Å². The van der Waals surface area contributed by atoms with Gasteiger partial charge in [-0.05, 0) is 37.5 Å². The van der Waals surface area contributed by atoms with Crippen LogP contribution >= 0.6 is 0 Å². The molecule has 114 valence electrons. The van der Waals surface area contributed by atoms with Crippen LogP contribution in [0.5, 0.6) is 0 Å². The van der Waals surface area contributed by atoms with E-state index in [2.05, 4.69) is 46.6 Å². The maximum Gasteiger partial charge on any atom is 0.188 e. The van der Waals surface area contributed by atoms with Gasteiger partial charge >= 0.3 is 0 Å². The van der Waals surface area contributed by atoms with Crippen molar-refractivity contribution >= 4 is 16.9 Å². The van der Waals surface area contributed by atoms with Crippen molar-refractivity contribution in [1.29, 1.82) is 0 Å². The summed E-state index contributed by atoms with van der Waals surface area (Å²) in [6, 6.07) is 6.45. The quantitative estimate of drug-likeness (QED) is 0.562. The van der Waals surface area contributed by atoms with E-state index in [1.54, 1.807) is 7.11 Å². The molecule has 0 saturated heterocycles. The second-order valence-corrected chi connectivity index (χ2v) is 5.33. The first-order valence-corrected chi connectivity index (χ1v) is 7.22. The van der Waals surface area contributed by atoms with Gasteiger partial charge in [-0.15, -0.1) is 0 Å². The number of H-pyrrole nitrogens is 1. The Morgan fingerprint density at radius 1 is 1.48 bits per heavy atom. The third kappa shape index (κ3) is 3.98. The number of hydrogen-bond donors (Lipinski definition) is 3. The molecule has 0 saturated carbocycles. The number of ether oxygens (including phenoxy) is 1. The molecule has 0 amide bonds. The smallest absolute Gasteiger partial charge is 0.188 e. The van der Waals surface area contributed by atoms with Gasteiger partial charge in [-0.25, -0.2) is 0 Å². The monoisotopic (exact) mass is 288 g/mol. The van der Waals surface area contributed by atoms with E-state index in [0.717, 1.165) is 6.42 Å². The van der Waals surface area contributed by atoms with Crippen LogP contribution in [0, 0.1) is 6.92 Å². The molecule has 0 radical (unpaired) electrons. The van der Waals surface area contributed by atoms with Crippen molar-refractivity contribution in [2.24, 2.45) is 10.7 Å². The Balaban J connectivity index is 1.96. The zero-order chi connectivity index (χ0) is 15.2. The first kappa shape index (κ1) is 15.4. The fourth-order valence-electron chi connectivity index (χ4n) is 2.54. The highest BCUT2D eigenvalue weighted by Gasteiger charge is 2.06. The summed E-state index contributed by atoms with van der Waals surface area (Å²) in [4.78, 5) is 7.68. The van der Waals surface area contributed by atoms with Crippen molar-refractivity contribution in [3.05, 3.63) is 35.5 Å². The fraction of sp³-hybridized carbons (Fsp3) is 0.438. The molecule has 1 atom stereocenters. The Hall–Kier alpha value is -2.01. The number of aromatic nitrogens is 1. The van der Waals surface area contributed by atoms with E-state index in [-0.39, 0.29) is 6.04 Å². The lowest BCUT2D eigenvalue weighted by Gasteiger charge is -2.12. The van der Waals surface area contributed by atoms with Crippen LogP contribution in [0.3, 0.4) is 0 Å². The molecule has 2 aromatic rings. The zero-order valence-electron chi connectivity index (χ0n) is 12.9. The van der Waals surface area contributed by atoms with Gasteiger partial charge < -0.3 is 20.8 Å². The number of nitrogens with zero attached hydrogens (tertiary/aromatic N) is 1. The topological polar surface area (TPSA) is 75.4 Å². The molecule has 4 N–H and O–H groups in total. The maximum atomic E-state index is 5.86. The summed E-state index contributed by atoms with van der Waals surface area (Å²) in [6.45, 7) is 5.41. The normalized spacial score (nSPS) is 13.6. The molecule has 0 aliphatic rings. The Morgan fingerprint density at radius 2 is 2.29 bits per heavy atom. The minimum Gasteiger partial charge on any atom is -0.383 e. The largest absolute Gasteiger partial charge is 0.383 e. The predicted octanol–water partition coefficient (Wildman–Crippen LogP) is 1.96. The number of aryl methyl sites for hydroxylation is 1. The van der Waals surface area contributed by atoms with Crippen molar-refractivity contribution in [2.75, 3.05) is 20.3 Å². The average molecular weight is 288 g/mol. The lowest BCUT2D eigenvalue weighted by atomic mass is 10.1. The van der Waals surface area contributed by atoms with Crippen molar-refractivity contribution in [3.8, 4) is 0 Å². The molecule has 0 bridgehead atoms. The summed E-state index contributed by atoms with van der Waals surface area (Å²) >= 11 is 0. The van der Waals surface area contributed by atoms with E-state index in [1.807, 2.05) is 6.92 Å². The SMILES string of the molecule is COCC(C)NC(N)=NCCc1c[nH]c2cccc(C)c12. The molecular formula is C16H24N4O. The Morgan fingerprint density at radius 3 is 3.05 bits per heavy atom. The number of methoxy groups -OCH3 is 1. The van der Waals surface area contributed by atoms with Gasteiger partial charge in [0.25, 0.3) is 0 Å². The first-order chi connectivity index (χ1) is 10.1. The van der Waals surface area contributed by atoms with Crippen LogP contribution in [-0.4, -0.2) is 37.2 Å². The number of guanidine groups is 1. The van der Waals surface area contributed by atoms with Crippen molar-refractivity contribution in [1.82, 2.24) is 10.3 Å². The van der Waals surface area contributed by atoms with E-state index < -0.39 is 0 Å². The number of nitrogens with one attached hydrogen (secondary N) is 2. The van der Waals surface area contributed by atoms with Gasteiger partial charge in [-0.3, -0.25) is 4.99 Å². The third-order valence-corrected chi connectivity index (χ3v) is 3.47.